The van der Waals surface area contributed by atoms with E-state index in [-0.39, 0.29) is 0 Å². The van der Waals surface area contributed by atoms with E-state index in [1.54, 1.807) is 6.20 Å². The summed E-state index contributed by atoms with van der Waals surface area (Å²) in [6, 6.07) is 8.86. The number of H-pyrrole nitrogens is 2. The summed E-state index contributed by atoms with van der Waals surface area (Å²) >= 11 is 0. The van der Waals surface area contributed by atoms with Crippen molar-refractivity contribution in [3.63, 3.8) is 0 Å². The minimum absolute atomic E-state index is 0.343. The largest absolute Gasteiger partial charge is 0.480 e. The number of nitrogens with zero attached hydrogens (tertiary/aromatic N) is 2. The van der Waals surface area contributed by atoms with Crippen molar-refractivity contribution in [3.05, 3.63) is 54.6 Å². The lowest BCUT2D eigenvalue weighted by atomic mass is 10.0. The van der Waals surface area contributed by atoms with Crippen molar-refractivity contribution < 1.29 is 9.90 Å². The van der Waals surface area contributed by atoms with Gasteiger partial charge >= 0.3 is 5.97 Å². The summed E-state index contributed by atoms with van der Waals surface area (Å²) in [5.74, 6) is -0.420. The molecule has 0 spiro atoms. The number of aliphatic carboxylic acids is 1. The Hall–Kier alpha value is -3.35. The Morgan fingerprint density at radius 2 is 2.04 bits per heavy atom. The quantitative estimate of drug-likeness (QED) is 0.452. The summed E-state index contributed by atoms with van der Waals surface area (Å²) in [6.07, 6.45) is 5.36. The summed E-state index contributed by atoms with van der Waals surface area (Å²) in [5, 5.41) is 14.4. The van der Waals surface area contributed by atoms with Gasteiger partial charge < -0.3 is 20.4 Å². The van der Waals surface area contributed by atoms with E-state index in [2.05, 4.69) is 25.3 Å². The van der Waals surface area contributed by atoms with Gasteiger partial charge in [0.1, 0.15) is 23.8 Å². The molecule has 4 N–H and O–H groups in total. The molecule has 0 aliphatic heterocycles. The topological polar surface area (TPSA) is 107 Å². The van der Waals surface area contributed by atoms with E-state index < -0.39 is 12.0 Å². The van der Waals surface area contributed by atoms with E-state index in [0.29, 0.717) is 17.9 Å². The van der Waals surface area contributed by atoms with Gasteiger partial charge in [0, 0.05) is 29.7 Å². The normalized spacial score (nSPS) is 12.5. The van der Waals surface area contributed by atoms with E-state index in [1.165, 1.54) is 6.33 Å². The van der Waals surface area contributed by atoms with Crippen LogP contribution in [0.1, 0.15) is 5.56 Å². The third-order valence-corrected chi connectivity index (χ3v) is 4.06. The Balaban J connectivity index is 1.65. The van der Waals surface area contributed by atoms with Crippen LogP contribution in [0.2, 0.25) is 0 Å². The molecule has 0 amide bonds. The number of aromatic nitrogens is 4. The van der Waals surface area contributed by atoms with E-state index in [4.69, 9.17) is 0 Å². The molecule has 0 fully saturated rings. The van der Waals surface area contributed by atoms with Gasteiger partial charge in [0.05, 0.1) is 5.39 Å². The zero-order valence-corrected chi connectivity index (χ0v) is 12.7. The van der Waals surface area contributed by atoms with E-state index in [1.807, 2.05) is 36.5 Å². The van der Waals surface area contributed by atoms with Crippen molar-refractivity contribution in [2.45, 2.75) is 12.5 Å². The number of anilines is 1. The molecular weight excluding hydrogens is 306 g/mol. The van der Waals surface area contributed by atoms with Gasteiger partial charge in [-0.05, 0) is 17.7 Å². The molecule has 1 atom stereocenters. The summed E-state index contributed by atoms with van der Waals surface area (Å²) in [6.45, 7) is 0. The molecular formula is C17H15N5O2. The molecule has 0 bridgehead atoms. The van der Waals surface area contributed by atoms with Crippen molar-refractivity contribution in [2.75, 3.05) is 5.32 Å². The molecule has 0 aliphatic rings. The van der Waals surface area contributed by atoms with Crippen LogP contribution in [0.25, 0.3) is 21.9 Å². The second-order valence-corrected chi connectivity index (χ2v) is 5.56. The van der Waals surface area contributed by atoms with Gasteiger partial charge in [0.15, 0.2) is 0 Å². The molecule has 0 saturated carbocycles. The molecule has 0 aliphatic carbocycles. The predicted octanol–water partition coefficient (Wildman–Crippen LogP) is 2.55. The second-order valence-electron chi connectivity index (χ2n) is 5.56. The van der Waals surface area contributed by atoms with Gasteiger partial charge in [-0.3, -0.25) is 0 Å². The molecule has 4 rings (SSSR count). The van der Waals surface area contributed by atoms with Crippen LogP contribution in [0.5, 0.6) is 0 Å². The average molecular weight is 321 g/mol. The number of hydrogen-bond donors (Lipinski definition) is 4. The Morgan fingerprint density at radius 3 is 2.92 bits per heavy atom. The van der Waals surface area contributed by atoms with Crippen LogP contribution in [-0.4, -0.2) is 37.1 Å². The van der Waals surface area contributed by atoms with Gasteiger partial charge in [0.25, 0.3) is 0 Å². The highest BCUT2D eigenvalue weighted by Crippen LogP contribution is 2.22. The SMILES string of the molecule is O=C(O)[C@H](Cc1c[nH]c2ccccc12)Nc1ncnc2[nH]ccc12. The van der Waals surface area contributed by atoms with E-state index >= 15 is 0 Å². The first-order valence-electron chi connectivity index (χ1n) is 7.55. The Labute approximate surface area is 136 Å². The number of rotatable bonds is 5. The van der Waals surface area contributed by atoms with Crippen molar-refractivity contribution in [3.8, 4) is 0 Å². The number of nitrogens with one attached hydrogen (secondary N) is 3. The maximum absolute atomic E-state index is 11.7. The minimum atomic E-state index is -0.928. The number of carboxylic acids is 1. The van der Waals surface area contributed by atoms with Gasteiger partial charge in [-0.2, -0.15) is 0 Å². The lowest BCUT2D eigenvalue weighted by Gasteiger charge is -2.15. The number of para-hydroxylation sites is 1. The van der Waals surface area contributed by atoms with Crippen LogP contribution in [0.15, 0.2) is 49.1 Å². The molecule has 0 unspecified atom stereocenters. The first-order chi connectivity index (χ1) is 11.7. The first kappa shape index (κ1) is 14.3. The highest BCUT2D eigenvalue weighted by atomic mass is 16.4. The molecule has 7 heteroatoms. The number of benzene rings is 1. The summed E-state index contributed by atoms with van der Waals surface area (Å²) < 4.78 is 0. The van der Waals surface area contributed by atoms with Crippen molar-refractivity contribution in [2.24, 2.45) is 0 Å². The number of fused-ring (bicyclic) bond motifs is 2. The fourth-order valence-electron chi connectivity index (χ4n) is 2.87. The summed E-state index contributed by atoms with van der Waals surface area (Å²) in [7, 11) is 0. The van der Waals surface area contributed by atoms with Gasteiger partial charge in [-0.15, -0.1) is 0 Å². The molecule has 3 heterocycles. The van der Waals surface area contributed by atoms with Crippen molar-refractivity contribution in [1.82, 2.24) is 19.9 Å². The fourth-order valence-corrected chi connectivity index (χ4v) is 2.87. The maximum atomic E-state index is 11.7. The van der Waals surface area contributed by atoms with E-state index in [9.17, 15) is 9.90 Å². The number of hydrogen-bond acceptors (Lipinski definition) is 4. The van der Waals surface area contributed by atoms with Crippen LogP contribution >= 0.6 is 0 Å². The zero-order valence-electron chi connectivity index (χ0n) is 12.7. The van der Waals surface area contributed by atoms with E-state index in [0.717, 1.165) is 21.9 Å². The minimum Gasteiger partial charge on any atom is -0.480 e. The lowest BCUT2D eigenvalue weighted by molar-refractivity contribution is -0.137. The fraction of sp³-hybridized carbons (Fsp3) is 0.118. The Morgan fingerprint density at radius 1 is 1.17 bits per heavy atom. The number of carboxylic acid groups (broad SMARTS) is 1. The Bertz CT molecular complexity index is 1020. The molecule has 120 valence electrons. The highest BCUT2D eigenvalue weighted by Gasteiger charge is 2.21. The highest BCUT2D eigenvalue weighted by molar-refractivity contribution is 5.90. The molecule has 1 aromatic carbocycles. The monoisotopic (exact) mass is 321 g/mol. The third-order valence-electron chi connectivity index (χ3n) is 4.06. The molecule has 0 saturated heterocycles. The molecule has 7 nitrogen and oxygen atoms in total. The van der Waals surface area contributed by atoms with Crippen molar-refractivity contribution >= 4 is 33.7 Å². The average Bonchev–Trinajstić information content (AvgIpc) is 3.21. The molecule has 4 aromatic rings. The van der Waals surface area contributed by atoms with Crippen LogP contribution in [-0.2, 0) is 11.2 Å². The standard InChI is InChI=1S/C17H15N5O2/c23-17(24)14(7-10-8-19-13-4-2-1-3-11(10)13)22-16-12-5-6-18-15(12)20-9-21-16/h1-6,8-9,14,19H,7H2,(H,23,24)(H2,18,20,21,22)/t14-/m0/s1. The smallest absolute Gasteiger partial charge is 0.326 e. The lowest BCUT2D eigenvalue weighted by Crippen LogP contribution is -2.31. The summed E-state index contributed by atoms with van der Waals surface area (Å²) in [5.41, 5.74) is 2.61. The van der Waals surface area contributed by atoms with Gasteiger partial charge in [-0.25, -0.2) is 14.8 Å². The van der Waals surface area contributed by atoms with Gasteiger partial charge in [-0.1, -0.05) is 18.2 Å². The van der Waals surface area contributed by atoms with Gasteiger partial charge in [0.2, 0.25) is 0 Å². The molecule has 24 heavy (non-hydrogen) atoms. The maximum Gasteiger partial charge on any atom is 0.326 e. The third kappa shape index (κ3) is 2.45. The number of aromatic amines is 2. The first-order valence-corrected chi connectivity index (χ1v) is 7.55. The van der Waals surface area contributed by atoms with Crippen LogP contribution < -0.4 is 5.32 Å². The second kappa shape index (κ2) is 5.69. The molecule has 0 radical (unpaired) electrons. The van der Waals surface area contributed by atoms with Crippen LogP contribution in [0, 0.1) is 0 Å². The number of carbonyl (C=O) groups is 1. The predicted molar refractivity (Wildman–Crippen MR) is 90.9 cm³/mol. The Kier molecular flexibility index (Phi) is 3.38. The molecule has 3 aromatic heterocycles. The van der Waals surface area contributed by atoms with Crippen molar-refractivity contribution in [1.29, 1.82) is 0 Å². The summed E-state index contributed by atoms with van der Waals surface area (Å²) in [4.78, 5) is 26.2. The van der Waals surface area contributed by atoms with Crippen LogP contribution in [0.3, 0.4) is 0 Å². The zero-order chi connectivity index (χ0) is 16.5. The van der Waals surface area contributed by atoms with Crippen LogP contribution in [0.4, 0.5) is 5.82 Å².